The minimum absolute atomic E-state index is 0.0564. The van der Waals surface area contributed by atoms with Crippen LogP contribution >= 0.6 is 11.6 Å². The molecule has 0 radical (unpaired) electrons. The van der Waals surface area contributed by atoms with Crippen LogP contribution in [0.25, 0.3) is 5.76 Å². The van der Waals surface area contributed by atoms with Crippen LogP contribution in [-0.4, -0.2) is 36.1 Å². The van der Waals surface area contributed by atoms with Gasteiger partial charge in [0, 0.05) is 10.7 Å². The molecule has 1 saturated heterocycles. The van der Waals surface area contributed by atoms with Gasteiger partial charge in [0.15, 0.2) is 0 Å². The van der Waals surface area contributed by atoms with Crippen molar-refractivity contribution < 1.29 is 29.3 Å². The fraction of sp³-hybridized carbons (Fsp3) is 0.120. The number of hydrogen-bond acceptors (Lipinski definition) is 6. The van der Waals surface area contributed by atoms with Crippen molar-refractivity contribution >= 4 is 34.7 Å². The minimum atomic E-state index is -1.04. The highest BCUT2D eigenvalue weighted by Gasteiger charge is 2.47. The van der Waals surface area contributed by atoms with E-state index in [0.717, 1.165) is 0 Å². The number of aliphatic hydroxyl groups excluding tert-OH is 1. The molecule has 1 aliphatic heterocycles. The fourth-order valence-corrected chi connectivity index (χ4v) is 4.14. The van der Waals surface area contributed by atoms with E-state index >= 15 is 0 Å². The SMILES string of the molecule is COc1cccc(OC)c1/C(O)=C1\C(=O)C(=O)N(c2cccc(Cl)c2)C1c1cccc(O)c1. The molecule has 0 aromatic heterocycles. The van der Waals surface area contributed by atoms with Crippen molar-refractivity contribution in [2.45, 2.75) is 6.04 Å². The number of aliphatic hydroxyl groups is 1. The summed E-state index contributed by atoms with van der Waals surface area (Å²) in [5, 5.41) is 21.8. The lowest BCUT2D eigenvalue weighted by Gasteiger charge is -2.26. The van der Waals surface area contributed by atoms with Gasteiger partial charge in [0.2, 0.25) is 0 Å². The number of carbonyl (C=O) groups is 2. The summed E-state index contributed by atoms with van der Waals surface area (Å²) in [6, 6.07) is 16.5. The van der Waals surface area contributed by atoms with Crippen molar-refractivity contribution in [1.29, 1.82) is 0 Å². The summed E-state index contributed by atoms with van der Waals surface area (Å²) in [5.74, 6) is -1.74. The Balaban J connectivity index is 2.03. The van der Waals surface area contributed by atoms with Gasteiger partial charge in [-0.2, -0.15) is 0 Å². The van der Waals surface area contributed by atoms with E-state index in [4.69, 9.17) is 21.1 Å². The summed E-state index contributed by atoms with van der Waals surface area (Å²) in [6.45, 7) is 0. The van der Waals surface area contributed by atoms with Crippen molar-refractivity contribution in [2.75, 3.05) is 19.1 Å². The molecule has 0 bridgehead atoms. The lowest BCUT2D eigenvalue weighted by Crippen LogP contribution is -2.29. The maximum absolute atomic E-state index is 13.3. The van der Waals surface area contributed by atoms with Gasteiger partial charge in [-0.1, -0.05) is 35.9 Å². The lowest BCUT2D eigenvalue weighted by atomic mass is 9.94. The van der Waals surface area contributed by atoms with Gasteiger partial charge < -0.3 is 19.7 Å². The Kier molecular flexibility index (Phi) is 5.98. The number of rotatable bonds is 5. The Morgan fingerprint density at radius 3 is 2.18 bits per heavy atom. The zero-order chi connectivity index (χ0) is 23.7. The van der Waals surface area contributed by atoms with Crippen LogP contribution in [0.3, 0.4) is 0 Å². The number of amides is 1. The van der Waals surface area contributed by atoms with Crippen molar-refractivity contribution in [3.63, 3.8) is 0 Å². The average Bonchev–Trinajstić information content (AvgIpc) is 3.08. The van der Waals surface area contributed by atoms with Gasteiger partial charge in [-0.3, -0.25) is 14.5 Å². The number of carbonyl (C=O) groups excluding carboxylic acids is 2. The number of ether oxygens (including phenoxy) is 2. The number of hydrogen-bond donors (Lipinski definition) is 2. The highest BCUT2D eigenvalue weighted by atomic mass is 35.5. The van der Waals surface area contributed by atoms with E-state index in [9.17, 15) is 19.8 Å². The molecule has 8 heteroatoms. The maximum atomic E-state index is 13.3. The third-order valence-corrected chi connectivity index (χ3v) is 5.62. The Labute approximate surface area is 195 Å². The normalized spacial score (nSPS) is 17.3. The van der Waals surface area contributed by atoms with Gasteiger partial charge in [0.1, 0.15) is 28.6 Å². The number of aromatic hydroxyl groups is 1. The van der Waals surface area contributed by atoms with Crippen LogP contribution in [0.4, 0.5) is 5.69 Å². The molecule has 1 atom stereocenters. The van der Waals surface area contributed by atoms with E-state index in [1.54, 1.807) is 54.6 Å². The van der Waals surface area contributed by atoms with E-state index in [1.807, 2.05) is 0 Å². The molecule has 1 fully saturated rings. The zero-order valence-electron chi connectivity index (χ0n) is 17.8. The third-order valence-electron chi connectivity index (χ3n) is 5.38. The van der Waals surface area contributed by atoms with Gasteiger partial charge in [0.25, 0.3) is 11.7 Å². The monoisotopic (exact) mass is 465 g/mol. The van der Waals surface area contributed by atoms with Gasteiger partial charge >= 0.3 is 0 Å². The first-order chi connectivity index (χ1) is 15.9. The number of nitrogens with zero attached hydrogens (tertiary/aromatic N) is 1. The second kappa shape index (κ2) is 8.88. The van der Waals surface area contributed by atoms with E-state index in [2.05, 4.69) is 0 Å². The Bertz CT molecular complexity index is 1260. The van der Waals surface area contributed by atoms with Crippen molar-refractivity contribution in [3.8, 4) is 17.2 Å². The highest BCUT2D eigenvalue weighted by Crippen LogP contribution is 2.45. The molecule has 1 amide bonds. The molecule has 1 aliphatic rings. The number of ketones is 1. The van der Waals surface area contributed by atoms with E-state index in [1.165, 1.54) is 31.3 Å². The van der Waals surface area contributed by atoms with Gasteiger partial charge in [-0.05, 0) is 48.0 Å². The molecule has 168 valence electrons. The van der Waals surface area contributed by atoms with E-state index < -0.39 is 23.5 Å². The molecule has 0 spiro atoms. The first-order valence-corrected chi connectivity index (χ1v) is 10.3. The molecular weight excluding hydrogens is 446 g/mol. The van der Waals surface area contributed by atoms with E-state index in [0.29, 0.717) is 16.3 Å². The number of Topliss-reactive ketones (excluding diaryl/α,β-unsaturated/α-hetero) is 1. The number of phenols is 1. The van der Waals surface area contributed by atoms with Crippen LogP contribution in [0.15, 0.2) is 72.3 Å². The summed E-state index contributed by atoms with van der Waals surface area (Å²) in [5.41, 5.74) is 0.749. The Morgan fingerprint density at radius 2 is 1.58 bits per heavy atom. The van der Waals surface area contributed by atoms with Crippen molar-refractivity contribution in [2.24, 2.45) is 0 Å². The number of halogens is 1. The van der Waals surface area contributed by atoms with Crippen LogP contribution in [0.5, 0.6) is 17.2 Å². The zero-order valence-corrected chi connectivity index (χ0v) is 18.5. The largest absolute Gasteiger partial charge is 0.508 e. The summed E-state index contributed by atoms with van der Waals surface area (Å²) < 4.78 is 10.8. The summed E-state index contributed by atoms with van der Waals surface area (Å²) in [6.07, 6.45) is 0. The number of benzene rings is 3. The molecule has 1 heterocycles. The molecular formula is C25H20ClNO6. The number of anilines is 1. The lowest BCUT2D eigenvalue weighted by molar-refractivity contribution is -0.132. The molecule has 7 nitrogen and oxygen atoms in total. The number of methoxy groups -OCH3 is 2. The summed E-state index contributed by atoms with van der Waals surface area (Å²) in [7, 11) is 2.84. The van der Waals surface area contributed by atoms with Crippen LogP contribution in [0.1, 0.15) is 17.2 Å². The summed E-state index contributed by atoms with van der Waals surface area (Å²) in [4.78, 5) is 27.7. The molecule has 3 aromatic carbocycles. The summed E-state index contributed by atoms with van der Waals surface area (Å²) >= 11 is 6.14. The van der Waals surface area contributed by atoms with Gasteiger partial charge in [-0.15, -0.1) is 0 Å². The molecule has 3 aromatic rings. The van der Waals surface area contributed by atoms with Crippen LogP contribution in [0, 0.1) is 0 Å². The van der Waals surface area contributed by atoms with Gasteiger partial charge in [0.05, 0.1) is 25.8 Å². The molecule has 33 heavy (non-hydrogen) atoms. The topological polar surface area (TPSA) is 96.3 Å². The molecule has 2 N–H and O–H groups in total. The molecule has 0 saturated carbocycles. The minimum Gasteiger partial charge on any atom is -0.508 e. The molecule has 1 unspecified atom stereocenters. The van der Waals surface area contributed by atoms with Crippen molar-refractivity contribution in [3.05, 3.63) is 88.5 Å². The van der Waals surface area contributed by atoms with Crippen LogP contribution in [0.2, 0.25) is 5.02 Å². The molecule has 4 rings (SSSR count). The first-order valence-electron chi connectivity index (χ1n) is 9.94. The smallest absolute Gasteiger partial charge is 0.300 e. The van der Waals surface area contributed by atoms with Crippen LogP contribution in [-0.2, 0) is 9.59 Å². The second-order valence-electron chi connectivity index (χ2n) is 7.28. The molecule has 0 aliphatic carbocycles. The predicted octanol–water partition coefficient (Wildman–Crippen LogP) is 4.69. The Hall–Kier alpha value is -3.97. The van der Waals surface area contributed by atoms with Crippen LogP contribution < -0.4 is 14.4 Å². The van der Waals surface area contributed by atoms with Crippen molar-refractivity contribution in [1.82, 2.24) is 0 Å². The first kappa shape index (κ1) is 22.2. The number of phenolic OH excluding ortho intramolecular Hbond substituents is 1. The predicted molar refractivity (Wildman–Crippen MR) is 124 cm³/mol. The fourth-order valence-electron chi connectivity index (χ4n) is 3.95. The second-order valence-corrected chi connectivity index (χ2v) is 7.72. The Morgan fingerprint density at radius 1 is 0.939 bits per heavy atom. The highest BCUT2D eigenvalue weighted by molar-refractivity contribution is 6.52. The maximum Gasteiger partial charge on any atom is 0.300 e. The van der Waals surface area contributed by atoms with E-state index in [-0.39, 0.29) is 28.4 Å². The van der Waals surface area contributed by atoms with Gasteiger partial charge in [-0.25, -0.2) is 0 Å². The standard InChI is InChI=1S/C25H20ClNO6/c1-32-18-10-5-11-19(33-2)20(18)23(29)21-22(14-6-3-9-17(28)12-14)27(25(31)24(21)30)16-8-4-7-15(26)13-16/h3-13,22,28-29H,1-2H3/b23-21+. The third kappa shape index (κ3) is 3.87. The average molecular weight is 466 g/mol. The quantitative estimate of drug-likeness (QED) is 0.322.